The van der Waals surface area contributed by atoms with Gasteiger partial charge >= 0.3 is 0 Å². The van der Waals surface area contributed by atoms with Crippen LogP contribution in [0.15, 0.2) is 47.4 Å². The van der Waals surface area contributed by atoms with Gasteiger partial charge in [-0.25, -0.2) is 8.42 Å². The minimum absolute atomic E-state index is 0.0879. The van der Waals surface area contributed by atoms with Gasteiger partial charge in [0.2, 0.25) is 21.8 Å². The molecule has 3 N–H and O–H groups in total. The molecule has 1 fully saturated rings. The molecule has 30 heavy (non-hydrogen) atoms. The fourth-order valence-electron chi connectivity index (χ4n) is 3.46. The van der Waals surface area contributed by atoms with Crippen molar-refractivity contribution in [3.05, 3.63) is 53.6 Å². The topological polar surface area (TPSA) is 119 Å². The van der Waals surface area contributed by atoms with Crippen LogP contribution in [0.4, 0.5) is 5.69 Å². The summed E-state index contributed by atoms with van der Waals surface area (Å²) in [7, 11) is -2.37. The summed E-state index contributed by atoms with van der Waals surface area (Å²) >= 11 is 0. The van der Waals surface area contributed by atoms with Crippen LogP contribution in [0.3, 0.4) is 0 Å². The number of amides is 2. The third-order valence-corrected chi connectivity index (χ3v) is 7.02. The lowest BCUT2D eigenvalue weighted by molar-refractivity contribution is -0.120. The Balaban J connectivity index is 1.75. The van der Waals surface area contributed by atoms with Crippen molar-refractivity contribution in [3.8, 4) is 5.75 Å². The summed E-state index contributed by atoms with van der Waals surface area (Å²) in [5, 5.41) is 2.78. The SMILES string of the molecule is COc1ccc(C)cc1S(=O)(=O)N1CCC[C@@H](C(=O)Nc2ccc(C(N)=O)cc2)C1. The van der Waals surface area contributed by atoms with E-state index >= 15 is 0 Å². The second-order valence-electron chi connectivity index (χ2n) is 7.29. The molecule has 3 rings (SSSR count). The quantitative estimate of drug-likeness (QED) is 0.726. The number of aryl methyl sites for hydroxylation is 1. The molecule has 0 bridgehead atoms. The van der Waals surface area contributed by atoms with E-state index in [0.29, 0.717) is 30.6 Å². The van der Waals surface area contributed by atoms with Crippen LogP contribution in [0.2, 0.25) is 0 Å². The zero-order valence-electron chi connectivity index (χ0n) is 16.9. The van der Waals surface area contributed by atoms with E-state index in [0.717, 1.165) is 5.56 Å². The first-order valence-corrected chi connectivity index (χ1v) is 11.0. The molecule has 1 heterocycles. The number of nitrogens with two attached hydrogens (primary N) is 1. The number of benzene rings is 2. The number of primary amides is 1. The first-order chi connectivity index (χ1) is 14.2. The number of methoxy groups -OCH3 is 1. The van der Waals surface area contributed by atoms with Crippen LogP contribution in [0.25, 0.3) is 0 Å². The third-order valence-electron chi connectivity index (χ3n) is 5.13. The van der Waals surface area contributed by atoms with Gasteiger partial charge in [0.25, 0.3) is 0 Å². The predicted molar refractivity (Wildman–Crippen MR) is 113 cm³/mol. The number of hydrogen-bond donors (Lipinski definition) is 2. The van der Waals surface area contributed by atoms with E-state index in [1.807, 2.05) is 6.92 Å². The number of anilines is 1. The molecule has 0 spiro atoms. The number of piperidine rings is 1. The van der Waals surface area contributed by atoms with Gasteiger partial charge in [0.05, 0.1) is 13.0 Å². The van der Waals surface area contributed by atoms with E-state index in [1.54, 1.807) is 30.3 Å². The van der Waals surface area contributed by atoms with Crippen molar-refractivity contribution in [2.45, 2.75) is 24.7 Å². The van der Waals surface area contributed by atoms with Crippen molar-refractivity contribution in [1.82, 2.24) is 4.31 Å². The van der Waals surface area contributed by atoms with Crippen molar-refractivity contribution in [2.75, 3.05) is 25.5 Å². The molecule has 0 unspecified atom stereocenters. The Hall–Kier alpha value is -2.91. The van der Waals surface area contributed by atoms with Gasteiger partial charge in [-0.3, -0.25) is 9.59 Å². The molecule has 0 radical (unpaired) electrons. The summed E-state index contributed by atoms with van der Waals surface area (Å²) in [6, 6.07) is 11.2. The standard InChI is InChI=1S/C21H25N3O5S/c1-14-5-10-18(29-2)19(12-14)30(27,28)24-11-3-4-16(13-24)21(26)23-17-8-6-15(7-9-17)20(22)25/h5-10,12,16H,3-4,11,13H2,1-2H3,(H2,22,25)(H,23,26)/t16-/m1/s1. The lowest BCUT2D eigenvalue weighted by atomic mass is 9.98. The fourth-order valence-corrected chi connectivity index (χ4v) is 5.23. The average molecular weight is 432 g/mol. The molecule has 2 aromatic rings. The molecular weight excluding hydrogens is 406 g/mol. The summed E-state index contributed by atoms with van der Waals surface area (Å²) in [6.45, 7) is 2.25. The maximum atomic E-state index is 13.2. The molecule has 1 aliphatic rings. The van der Waals surface area contributed by atoms with Crippen molar-refractivity contribution in [1.29, 1.82) is 0 Å². The molecule has 0 aliphatic carbocycles. The monoisotopic (exact) mass is 431 g/mol. The van der Waals surface area contributed by atoms with E-state index < -0.39 is 21.8 Å². The van der Waals surface area contributed by atoms with E-state index in [2.05, 4.69) is 5.32 Å². The zero-order valence-corrected chi connectivity index (χ0v) is 17.7. The lowest BCUT2D eigenvalue weighted by Gasteiger charge is -2.31. The van der Waals surface area contributed by atoms with E-state index in [-0.39, 0.29) is 23.1 Å². The molecule has 1 atom stereocenters. The van der Waals surface area contributed by atoms with Gasteiger partial charge < -0.3 is 15.8 Å². The minimum atomic E-state index is -3.80. The molecular formula is C21H25N3O5S. The largest absolute Gasteiger partial charge is 0.495 e. The highest BCUT2D eigenvalue weighted by atomic mass is 32.2. The van der Waals surface area contributed by atoms with Crippen molar-refractivity contribution in [2.24, 2.45) is 11.7 Å². The average Bonchev–Trinajstić information content (AvgIpc) is 2.74. The Morgan fingerprint density at radius 2 is 1.87 bits per heavy atom. The Kier molecular flexibility index (Phi) is 6.42. The number of ether oxygens (including phenoxy) is 1. The molecule has 9 heteroatoms. The summed E-state index contributed by atoms with van der Waals surface area (Å²) < 4.78 is 33.0. The number of carbonyl (C=O) groups excluding carboxylic acids is 2. The van der Waals surface area contributed by atoms with Gasteiger partial charge in [0, 0.05) is 24.3 Å². The summed E-state index contributed by atoms with van der Waals surface area (Å²) in [5.74, 6) is -1.02. The summed E-state index contributed by atoms with van der Waals surface area (Å²) in [5.41, 5.74) is 6.89. The molecule has 0 aromatic heterocycles. The van der Waals surface area contributed by atoms with Gasteiger partial charge in [0.1, 0.15) is 10.6 Å². The van der Waals surface area contributed by atoms with Gasteiger partial charge in [-0.15, -0.1) is 0 Å². The smallest absolute Gasteiger partial charge is 0.248 e. The normalized spacial score (nSPS) is 17.3. The van der Waals surface area contributed by atoms with Crippen LogP contribution < -0.4 is 15.8 Å². The van der Waals surface area contributed by atoms with Crippen LogP contribution >= 0.6 is 0 Å². The molecule has 8 nitrogen and oxygen atoms in total. The highest BCUT2D eigenvalue weighted by molar-refractivity contribution is 7.89. The van der Waals surface area contributed by atoms with Crippen molar-refractivity contribution in [3.63, 3.8) is 0 Å². The van der Waals surface area contributed by atoms with Gasteiger partial charge in [0.15, 0.2) is 0 Å². The maximum absolute atomic E-state index is 13.2. The molecule has 1 saturated heterocycles. The zero-order chi connectivity index (χ0) is 21.9. The third kappa shape index (κ3) is 4.63. The van der Waals surface area contributed by atoms with E-state index in [9.17, 15) is 18.0 Å². The van der Waals surface area contributed by atoms with Crippen LogP contribution in [0, 0.1) is 12.8 Å². The number of carbonyl (C=O) groups is 2. The summed E-state index contributed by atoms with van der Waals surface area (Å²) in [6.07, 6.45) is 1.16. The van der Waals surface area contributed by atoms with Gasteiger partial charge in [-0.2, -0.15) is 4.31 Å². The Labute approximate surface area is 176 Å². The van der Waals surface area contributed by atoms with Gasteiger partial charge in [-0.05, 0) is 61.7 Å². The highest BCUT2D eigenvalue weighted by Gasteiger charge is 2.35. The molecule has 2 amide bonds. The molecule has 2 aromatic carbocycles. The second kappa shape index (κ2) is 8.85. The number of sulfonamides is 1. The molecule has 0 saturated carbocycles. The van der Waals surface area contributed by atoms with Crippen molar-refractivity contribution < 1.29 is 22.7 Å². The Bertz CT molecular complexity index is 1050. The molecule has 160 valence electrons. The second-order valence-corrected chi connectivity index (χ2v) is 9.19. The van der Waals surface area contributed by atoms with Crippen molar-refractivity contribution >= 4 is 27.5 Å². The highest BCUT2D eigenvalue weighted by Crippen LogP contribution is 2.31. The van der Waals surface area contributed by atoms with E-state index in [4.69, 9.17) is 10.5 Å². The minimum Gasteiger partial charge on any atom is -0.495 e. The Morgan fingerprint density at radius 1 is 1.17 bits per heavy atom. The van der Waals surface area contributed by atoms with Gasteiger partial charge in [-0.1, -0.05) is 6.07 Å². The fraction of sp³-hybridized carbons (Fsp3) is 0.333. The number of hydrogen-bond acceptors (Lipinski definition) is 5. The first kappa shape index (κ1) is 21.8. The number of nitrogens with one attached hydrogen (secondary N) is 1. The van der Waals surface area contributed by atoms with Crippen LogP contribution in [-0.4, -0.2) is 44.7 Å². The van der Waals surface area contributed by atoms with Crippen LogP contribution in [0.5, 0.6) is 5.75 Å². The molecule has 1 aliphatic heterocycles. The lowest BCUT2D eigenvalue weighted by Crippen LogP contribution is -2.43. The first-order valence-electron chi connectivity index (χ1n) is 9.58. The maximum Gasteiger partial charge on any atom is 0.248 e. The van der Waals surface area contributed by atoms with Crippen LogP contribution in [-0.2, 0) is 14.8 Å². The van der Waals surface area contributed by atoms with Crippen LogP contribution in [0.1, 0.15) is 28.8 Å². The number of nitrogens with zero attached hydrogens (tertiary/aromatic N) is 1. The predicted octanol–water partition coefficient (Wildman–Crippen LogP) is 2.14. The number of rotatable bonds is 6. The summed E-state index contributed by atoms with van der Waals surface area (Å²) in [4.78, 5) is 24.0. The Morgan fingerprint density at radius 3 is 2.50 bits per heavy atom. The van der Waals surface area contributed by atoms with E-state index in [1.165, 1.54) is 23.5 Å².